The van der Waals surface area contributed by atoms with E-state index in [1.165, 1.54) is 11.1 Å². The van der Waals surface area contributed by atoms with Crippen molar-refractivity contribution >= 4 is 0 Å². The molecule has 4 rings (SSSR count). The number of piperidine rings is 1. The van der Waals surface area contributed by atoms with E-state index in [4.69, 9.17) is 0 Å². The van der Waals surface area contributed by atoms with Gasteiger partial charge in [0.25, 0.3) is 0 Å². The predicted octanol–water partition coefficient (Wildman–Crippen LogP) is 4.07. The number of aromatic nitrogens is 2. The Morgan fingerprint density at radius 3 is 2.82 bits per heavy atom. The Morgan fingerprint density at radius 2 is 2.04 bits per heavy atom. The molecule has 3 aromatic rings. The fraction of sp³-hybridized carbons (Fsp3) is 0.348. The van der Waals surface area contributed by atoms with Crippen molar-refractivity contribution in [1.29, 1.82) is 0 Å². The van der Waals surface area contributed by atoms with Gasteiger partial charge in [-0.25, -0.2) is 9.07 Å². The van der Waals surface area contributed by atoms with Crippen LogP contribution < -0.4 is 5.32 Å². The molecule has 5 heteroatoms. The molecule has 28 heavy (non-hydrogen) atoms. The average Bonchev–Trinajstić information content (AvgIpc) is 3.24. The van der Waals surface area contributed by atoms with Gasteiger partial charge in [0.05, 0.1) is 5.69 Å². The zero-order valence-electron chi connectivity index (χ0n) is 16.3. The lowest BCUT2D eigenvalue weighted by molar-refractivity contribution is 0.181. The number of benzene rings is 2. The maximum Gasteiger partial charge on any atom is 0.127 e. The summed E-state index contributed by atoms with van der Waals surface area (Å²) >= 11 is 0. The first-order chi connectivity index (χ1) is 13.7. The van der Waals surface area contributed by atoms with Crippen molar-refractivity contribution < 1.29 is 4.39 Å². The molecular formula is C23H27FN4. The number of hydrogen-bond donors (Lipinski definition) is 1. The molecule has 1 aliphatic rings. The SMILES string of the molecule is Cc1cc(-n2cccn2)ccc1CNC1CCCN(Cc2ccccc2F)C1. The van der Waals surface area contributed by atoms with Crippen LogP contribution in [0.4, 0.5) is 4.39 Å². The number of aryl methyl sites for hydroxylation is 1. The molecule has 1 unspecified atom stereocenters. The normalized spacial score (nSPS) is 17.7. The molecule has 146 valence electrons. The summed E-state index contributed by atoms with van der Waals surface area (Å²) in [5, 5.41) is 8.00. The second kappa shape index (κ2) is 8.67. The summed E-state index contributed by atoms with van der Waals surface area (Å²) in [6, 6.07) is 15.9. The maximum absolute atomic E-state index is 13.9. The van der Waals surface area contributed by atoms with E-state index in [-0.39, 0.29) is 5.82 Å². The summed E-state index contributed by atoms with van der Waals surface area (Å²) in [6.45, 7) is 5.67. The van der Waals surface area contributed by atoms with Gasteiger partial charge in [-0.3, -0.25) is 4.90 Å². The highest BCUT2D eigenvalue weighted by atomic mass is 19.1. The smallest absolute Gasteiger partial charge is 0.127 e. The molecular weight excluding hydrogens is 351 g/mol. The molecule has 0 radical (unpaired) electrons. The minimum absolute atomic E-state index is 0.106. The van der Waals surface area contributed by atoms with E-state index >= 15 is 0 Å². The van der Waals surface area contributed by atoms with E-state index in [0.29, 0.717) is 12.6 Å². The molecule has 1 saturated heterocycles. The Hall–Kier alpha value is -2.50. The lowest BCUT2D eigenvalue weighted by atomic mass is 10.0. The average molecular weight is 378 g/mol. The van der Waals surface area contributed by atoms with Crippen LogP contribution in [0.3, 0.4) is 0 Å². The zero-order valence-corrected chi connectivity index (χ0v) is 16.3. The van der Waals surface area contributed by atoms with Gasteiger partial charge < -0.3 is 5.32 Å². The molecule has 1 N–H and O–H groups in total. The van der Waals surface area contributed by atoms with Crippen molar-refractivity contribution in [3.05, 3.63) is 83.4 Å². The molecule has 2 aromatic carbocycles. The fourth-order valence-corrected chi connectivity index (χ4v) is 3.93. The second-order valence-electron chi connectivity index (χ2n) is 7.61. The quantitative estimate of drug-likeness (QED) is 0.702. The summed E-state index contributed by atoms with van der Waals surface area (Å²) < 4.78 is 15.8. The molecule has 0 saturated carbocycles. The third kappa shape index (κ3) is 4.49. The highest BCUT2D eigenvalue weighted by Crippen LogP contribution is 2.18. The van der Waals surface area contributed by atoms with Crippen molar-refractivity contribution in [2.45, 2.75) is 38.9 Å². The highest BCUT2D eigenvalue weighted by Gasteiger charge is 2.20. The van der Waals surface area contributed by atoms with E-state index in [2.05, 4.69) is 40.4 Å². The maximum atomic E-state index is 13.9. The van der Waals surface area contributed by atoms with Crippen LogP contribution in [0.1, 0.15) is 29.5 Å². The van der Waals surface area contributed by atoms with E-state index in [1.54, 1.807) is 18.3 Å². The summed E-state index contributed by atoms with van der Waals surface area (Å²) in [7, 11) is 0. The number of rotatable bonds is 6. The minimum Gasteiger partial charge on any atom is -0.309 e. The lowest BCUT2D eigenvalue weighted by Gasteiger charge is -2.33. The largest absolute Gasteiger partial charge is 0.309 e. The summed E-state index contributed by atoms with van der Waals surface area (Å²) in [4.78, 5) is 2.35. The first-order valence-electron chi connectivity index (χ1n) is 9.98. The van der Waals surface area contributed by atoms with E-state index in [0.717, 1.165) is 43.7 Å². The third-order valence-electron chi connectivity index (χ3n) is 5.53. The Balaban J connectivity index is 1.34. The van der Waals surface area contributed by atoms with Crippen LogP contribution in [0.15, 0.2) is 60.9 Å². The number of nitrogens with zero attached hydrogens (tertiary/aromatic N) is 3. The summed E-state index contributed by atoms with van der Waals surface area (Å²) in [6.07, 6.45) is 6.06. The van der Waals surface area contributed by atoms with Crippen molar-refractivity contribution in [3.63, 3.8) is 0 Å². The van der Waals surface area contributed by atoms with Crippen molar-refractivity contribution in [2.75, 3.05) is 13.1 Å². The van der Waals surface area contributed by atoms with Gasteiger partial charge in [0.15, 0.2) is 0 Å². The molecule has 0 amide bonds. The molecule has 0 aliphatic carbocycles. The van der Waals surface area contributed by atoms with Gasteiger partial charge in [0.1, 0.15) is 5.82 Å². The Morgan fingerprint density at radius 1 is 1.14 bits per heavy atom. The molecule has 1 aliphatic heterocycles. The Bertz CT molecular complexity index is 907. The Kier molecular flexibility index (Phi) is 5.84. The van der Waals surface area contributed by atoms with Crippen LogP contribution >= 0.6 is 0 Å². The summed E-state index contributed by atoms with van der Waals surface area (Å²) in [5.74, 6) is -0.106. The number of halogens is 1. The van der Waals surface area contributed by atoms with Gasteiger partial charge in [-0.1, -0.05) is 24.3 Å². The van der Waals surface area contributed by atoms with Crippen LogP contribution in [0.25, 0.3) is 5.69 Å². The van der Waals surface area contributed by atoms with E-state index in [9.17, 15) is 4.39 Å². The van der Waals surface area contributed by atoms with Crippen molar-refractivity contribution in [3.8, 4) is 5.69 Å². The zero-order chi connectivity index (χ0) is 19.3. The highest BCUT2D eigenvalue weighted by molar-refractivity contribution is 5.39. The monoisotopic (exact) mass is 378 g/mol. The van der Waals surface area contributed by atoms with Crippen molar-refractivity contribution in [2.24, 2.45) is 0 Å². The molecule has 4 nitrogen and oxygen atoms in total. The van der Waals surface area contributed by atoms with Crippen molar-refractivity contribution in [1.82, 2.24) is 20.0 Å². The van der Waals surface area contributed by atoms with Crippen LogP contribution in [0, 0.1) is 12.7 Å². The molecule has 1 fully saturated rings. The van der Waals surface area contributed by atoms with Crippen LogP contribution in [-0.2, 0) is 13.1 Å². The van der Waals surface area contributed by atoms with Gasteiger partial charge in [-0.05, 0) is 61.7 Å². The lowest BCUT2D eigenvalue weighted by Crippen LogP contribution is -2.45. The van der Waals surface area contributed by atoms with E-state index < -0.39 is 0 Å². The number of hydrogen-bond acceptors (Lipinski definition) is 3. The van der Waals surface area contributed by atoms with E-state index in [1.807, 2.05) is 29.1 Å². The van der Waals surface area contributed by atoms with Crippen LogP contribution in [0.2, 0.25) is 0 Å². The van der Waals surface area contributed by atoms with Crippen LogP contribution in [-0.4, -0.2) is 33.8 Å². The second-order valence-corrected chi connectivity index (χ2v) is 7.61. The van der Waals surface area contributed by atoms with Gasteiger partial charge >= 0.3 is 0 Å². The predicted molar refractivity (Wildman–Crippen MR) is 110 cm³/mol. The molecule has 2 heterocycles. The molecule has 1 atom stereocenters. The topological polar surface area (TPSA) is 33.1 Å². The number of likely N-dealkylation sites (tertiary alicyclic amines) is 1. The first-order valence-corrected chi connectivity index (χ1v) is 9.98. The summed E-state index contributed by atoms with van der Waals surface area (Å²) in [5.41, 5.74) is 4.44. The minimum atomic E-state index is -0.106. The number of nitrogens with one attached hydrogen (secondary N) is 1. The molecule has 0 spiro atoms. The molecule has 1 aromatic heterocycles. The third-order valence-corrected chi connectivity index (χ3v) is 5.53. The van der Waals surface area contributed by atoms with Gasteiger partial charge in [-0.2, -0.15) is 5.10 Å². The molecule has 0 bridgehead atoms. The van der Waals surface area contributed by atoms with Crippen LogP contribution in [0.5, 0.6) is 0 Å². The fourth-order valence-electron chi connectivity index (χ4n) is 3.93. The Labute approximate surface area is 166 Å². The first kappa shape index (κ1) is 18.8. The van der Waals surface area contributed by atoms with Gasteiger partial charge in [0.2, 0.25) is 0 Å². The standard InChI is InChI=1S/C23H27FN4/c1-18-14-22(28-13-5-11-26-28)10-9-19(18)15-25-21-7-4-12-27(17-21)16-20-6-2-3-8-23(20)24/h2-3,5-6,8-11,13-14,21,25H,4,7,12,15-17H2,1H3. The van der Waals surface area contributed by atoms with Gasteiger partial charge in [0, 0.05) is 43.6 Å². The van der Waals surface area contributed by atoms with Gasteiger partial charge in [-0.15, -0.1) is 0 Å².